The van der Waals surface area contributed by atoms with Crippen LogP contribution in [0.2, 0.25) is 23.2 Å². The molecule has 0 bridgehead atoms. The van der Waals surface area contributed by atoms with E-state index < -0.39 is 36.7 Å². The molecule has 0 saturated heterocycles. The molecule has 0 fully saturated rings. The van der Waals surface area contributed by atoms with E-state index in [1.807, 2.05) is 15.3 Å². The third-order valence-electron chi connectivity index (χ3n) is 9.49. The minimum atomic E-state index is -3.26. The first-order valence-corrected chi connectivity index (χ1v) is 37.2. The topological polar surface area (TPSA) is 0 Å². The van der Waals surface area contributed by atoms with Gasteiger partial charge in [0.1, 0.15) is 0 Å². The van der Waals surface area contributed by atoms with Gasteiger partial charge in [-0.1, -0.05) is 97.1 Å². The summed E-state index contributed by atoms with van der Waals surface area (Å²) in [6.45, 7) is 0. The Morgan fingerprint density at radius 3 is 1.11 bits per heavy atom. The zero-order chi connectivity index (χ0) is 31.8. The molecule has 0 saturated carbocycles. The molecule has 4 aromatic carbocycles. The van der Waals surface area contributed by atoms with Gasteiger partial charge in [-0.2, -0.15) is 0 Å². The minimum absolute atomic E-state index is 0. The van der Waals surface area contributed by atoms with Crippen molar-refractivity contribution in [2.24, 2.45) is 0 Å². The van der Waals surface area contributed by atoms with Crippen molar-refractivity contribution in [2.75, 3.05) is 0 Å². The van der Waals surface area contributed by atoms with E-state index in [0.29, 0.717) is 11.8 Å². The van der Waals surface area contributed by atoms with Crippen LogP contribution in [0.25, 0.3) is 22.3 Å². The van der Waals surface area contributed by atoms with Crippen LogP contribution >= 0.6 is 17.0 Å². The standard InChI is InChI=1S/C26H18.2C5H5.5CH3.4ClH.2Zr/c1-5-13-21-17(9-1)18-10-2-6-14-22(18)25(21)26-23-15-7-3-11-19(23)20-12-4-8-16-24(20)26;2*1-2-4-5-3-1;;;;;;;;;;;/h1-16,25-26H;2*1-3H,4H2;5*1H3;4*1H;;/q;;;;;;;;;;;;2*+2/p-4. The Morgan fingerprint density at radius 2 is 0.872 bits per heavy atom. The maximum atomic E-state index is 6.26. The molecule has 0 nitrogen and oxygen atoms in total. The third-order valence-corrected chi connectivity index (χ3v) is 23.3. The van der Waals surface area contributed by atoms with Gasteiger partial charge < -0.3 is 24.8 Å². The summed E-state index contributed by atoms with van der Waals surface area (Å²) in [4.78, 5) is 0. The van der Waals surface area contributed by atoms with Gasteiger partial charge in [0.2, 0.25) is 0 Å². The van der Waals surface area contributed by atoms with Gasteiger partial charge in [-0.3, -0.25) is 0 Å². The van der Waals surface area contributed by atoms with Crippen molar-refractivity contribution < 1.29 is 61.5 Å². The molecule has 8 rings (SSSR count). The van der Waals surface area contributed by atoms with Gasteiger partial charge in [0.05, 0.1) is 0 Å². The van der Waals surface area contributed by atoms with Crippen molar-refractivity contribution in [1.82, 2.24) is 0 Å². The van der Waals surface area contributed by atoms with E-state index in [4.69, 9.17) is 17.0 Å². The minimum Gasteiger partial charge on any atom is -1.00 e. The average molecular weight is 860 g/mol. The summed E-state index contributed by atoms with van der Waals surface area (Å²) < 4.78 is 14.5. The molecule has 6 heteroatoms. The Kier molecular flexibility index (Phi) is 12.6. The smallest absolute Gasteiger partial charge is 0.0211 e. The Hall–Kier alpha value is -1.23. The molecule has 0 heterocycles. The molecule has 4 aliphatic rings. The van der Waals surface area contributed by atoms with E-state index in [9.17, 15) is 0 Å². The van der Waals surface area contributed by atoms with Gasteiger partial charge in [0.25, 0.3) is 0 Å². The first kappa shape index (κ1) is 38.6. The fraction of sp³-hybridized carbons (Fsp3) is 0.220. The van der Waals surface area contributed by atoms with Crippen LogP contribution in [0.5, 0.6) is 0 Å². The Morgan fingerprint density at radius 1 is 0.532 bits per heavy atom. The second kappa shape index (κ2) is 15.3. The van der Waals surface area contributed by atoms with E-state index in [1.54, 1.807) is 3.28 Å². The molecule has 0 aromatic heterocycles. The summed E-state index contributed by atoms with van der Waals surface area (Å²) in [6, 6.07) is 35.8. The summed E-state index contributed by atoms with van der Waals surface area (Å²) in [5.41, 5.74) is 11.4. The van der Waals surface area contributed by atoms with Crippen molar-refractivity contribution >= 4 is 17.0 Å². The first-order chi connectivity index (χ1) is 21.4. The predicted octanol–water partition coefficient (Wildman–Crippen LogP) is 7.67. The van der Waals surface area contributed by atoms with Crippen LogP contribution in [0.15, 0.2) is 140 Å². The zero-order valence-corrected chi connectivity index (χ0v) is 35.7. The Balaban J connectivity index is 0.000000198. The van der Waals surface area contributed by atoms with Crippen molar-refractivity contribution in [3.8, 4) is 22.3 Å². The monoisotopic (exact) mass is 855 g/mol. The third kappa shape index (κ3) is 8.39. The van der Waals surface area contributed by atoms with E-state index in [-0.39, 0.29) is 24.8 Å². The quantitative estimate of drug-likeness (QED) is 0.199. The molecular formula is C41H43Cl4Zr2. The number of halogens is 4. The number of benzene rings is 4. The normalized spacial score (nSPS) is 15.9. The molecule has 0 atom stereocenters. The van der Waals surface area contributed by atoms with E-state index in [0.717, 1.165) is 6.42 Å². The molecule has 0 unspecified atom stereocenters. The van der Waals surface area contributed by atoms with Crippen LogP contribution in [0.4, 0.5) is 0 Å². The van der Waals surface area contributed by atoms with Crippen molar-refractivity contribution in [2.45, 2.75) is 47.8 Å². The summed E-state index contributed by atoms with van der Waals surface area (Å²) in [7, 11) is 12.5. The van der Waals surface area contributed by atoms with E-state index >= 15 is 0 Å². The molecule has 0 N–H and O–H groups in total. The van der Waals surface area contributed by atoms with E-state index in [1.165, 1.54) is 54.2 Å². The van der Waals surface area contributed by atoms with Crippen LogP contribution in [0.1, 0.15) is 46.9 Å². The summed E-state index contributed by atoms with van der Waals surface area (Å²) in [5.74, 6) is 0.763. The van der Waals surface area contributed by atoms with E-state index in [2.05, 4.69) is 141 Å². The number of rotatable bonds is 3. The molecule has 47 heavy (non-hydrogen) atoms. The number of fused-ring (bicyclic) bond motifs is 6. The van der Waals surface area contributed by atoms with Gasteiger partial charge in [0.15, 0.2) is 0 Å². The molecule has 4 aliphatic carbocycles. The predicted molar refractivity (Wildman–Crippen MR) is 192 cm³/mol. The van der Waals surface area contributed by atoms with Gasteiger partial charge in [-0.15, -0.1) is 0 Å². The summed E-state index contributed by atoms with van der Waals surface area (Å²) in [6.07, 6.45) is 15.2. The van der Waals surface area contributed by atoms with Crippen LogP contribution < -0.4 is 24.8 Å². The van der Waals surface area contributed by atoms with Gasteiger partial charge in [-0.25, -0.2) is 0 Å². The molecule has 243 valence electrons. The maximum Gasteiger partial charge on any atom is 0.0211 e. The number of hydrogen-bond donors (Lipinski definition) is 0. The zero-order valence-electron chi connectivity index (χ0n) is 27.8. The fourth-order valence-corrected chi connectivity index (χ4v) is 15.0. The van der Waals surface area contributed by atoms with Crippen LogP contribution in [-0.2, 0) is 36.7 Å². The molecular weight excluding hydrogens is 817 g/mol. The van der Waals surface area contributed by atoms with Crippen molar-refractivity contribution in [3.05, 3.63) is 162 Å². The second-order valence-corrected chi connectivity index (χ2v) is 52.9. The molecule has 0 radical (unpaired) electrons. The van der Waals surface area contributed by atoms with Crippen LogP contribution in [-0.4, -0.2) is 0 Å². The molecule has 0 amide bonds. The van der Waals surface area contributed by atoms with Gasteiger partial charge >= 0.3 is 133 Å². The summed E-state index contributed by atoms with van der Waals surface area (Å²) in [5, 5.41) is 0. The molecule has 0 spiro atoms. The second-order valence-electron chi connectivity index (χ2n) is 14.2. The SMILES string of the molecule is [CH3][Zr+2]([CH3])([CH3])[C]1=CC=CC1.[CH3][Zr]([CH3])([Cl])([Cl])[C]1=CC=CC1.[Cl-].[Cl-].c1ccc2c(c1)-c1ccccc1C2C1c2ccccc2-c2ccccc21. The first-order valence-electron chi connectivity index (χ1n) is 16.1. The maximum absolute atomic E-state index is 6.26. The Labute approximate surface area is 307 Å². The van der Waals surface area contributed by atoms with Crippen LogP contribution in [0.3, 0.4) is 0 Å². The van der Waals surface area contributed by atoms with Crippen LogP contribution in [0, 0.1) is 0 Å². The van der Waals surface area contributed by atoms with Gasteiger partial charge in [0, 0.05) is 11.8 Å². The molecule has 4 aromatic rings. The Bertz CT molecular complexity index is 1670. The molecule has 0 aliphatic heterocycles. The average Bonchev–Trinajstić information content (AvgIpc) is 3.82. The number of allylic oxidation sites excluding steroid dienone is 8. The van der Waals surface area contributed by atoms with Crippen molar-refractivity contribution in [3.63, 3.8) is 0 Å². The van der Waals surface area contributed by atoms with Gasteiger partial charge in [-0.05, 0) is 44.5 Å². The number of hydrogen-bond acceptors (Lipinski definition) is 0. The fourth-order valence-electron chi connectivity index (χ4n) is 7.07. The van der Waals surface area contributed by atoms with Crippen molar-refractivity contribution in [1.29, 1.82) is 0 Å². The summed E-state index contributed by atoms with van der Waals surface area (Å²) >= 11 is -4.85. The largest absolute Gasteiger partial charge is 1.00 e.